The molecule has 2 aliphatic rings. The van der Waals surface area contributed by atoms with Crippen molar-refractivity contribution < 1.29 is 5.11 Å². The molecule has 2 nitrogen and oxygen atoms in total. The van der Waals surface area contributed by atoms with Crippen LogP contribution >= 0.6 is 0 Å². The molecule has 0 aliphatic heterocycles. The molecule has 0 aromatic carbocycles. The van der Waals surface area contributed by atoms with Gasteiger partial charge in [0, 0.05) is 12.0 Å². The van der Waals surface area contributed by atoms with Crippen LogP contribution < -0.4 is 5.73 Å². The Morgan fingerprint density at radius 1 is 1.11 bits per heavy atom. The van der Waals surface area contributed by atoms with E-state index < -0.39 is 0 Å². The molecule has 3 atom stereocenters. The van der Waals surface area contributed by atoms with Crippen molar-refractivity contribution in [1.82, 2.24) is 0 Å². The summed E-state index contributed by atoms with van der Waals surface area (Å²) in [6.45, 7) is 3.01. The monoisotopic (exact) mass is 253 g/mol. The number of aliphatic hydroxyl groups excluding tert-OH is 1. The molecular weight excluding hydrogens is 222 g/mol. The van der Waals surface area contributed by atoms with Crippen LogP contribution in [0.3, 0.4) is 0 Å². The van der Waals surface area contributed by atoms with E-state index in [-0.39, 0.29) is 11.5 Å². The van der Waals surface area contributed by atoms with Crippen LogP contribution in [0.25, 0.3) is 0 Å². The molecule has 0 spiro atoms. The van der Waals surface area contributed by atoms with Gasteiger partial charge in [0.15, 0.2) is 0 Å². The number of aliphatic hydroxyl groups is 1. The van der Waals surface area contributed by atoms with Gasteiger partial charge >= 0.3 is 0 Å². The molecule has 2 aliphatic carbocycles. The molecule has 0 aromatic rings. The second kappa shape index (κ2) is 6.38. The third-order valence-electron chi connectivity index (χ3n) is 5.56. The SMILES string of the molecule is CC1CCCC(C(O)C2(CN)CCCCCC2)C1. The highest BCUT2D eigenvalue weighted by Crippen LogP contribution is 2.44. The van der Waals surface area contributed by atoms with Crippen molar-refractivity contribution in [3.05, 3.63) is 0 Å². The van der Waals surface area contributed by atoms with Crippen LogP contribution in [0, 0.1) is 17.3 Å². The zero-order valence-corrected chi connectivity index (χ0v) is 12.0. The fraction of sp³-hybridized carbons (Fsp3) is 1.00. The van der Waals surface area contributed by atoms with Crippen LogP contribution in [0.4, 0.5) is 0 Å². The standard InChI is InChI=1S/C16H31NO/c1-13-7-6-8-14(11-13)15(18)16(12-17)9-4-2-3-5-10-16/h13-15,18H,2-12,17H2,1H3. The summed E-state index contributed by atoms with van der Waals surface area (Å²) in [4.78, 5) is 0. The van der Waals surface area contributed by atoms with E-state index in [1.54, 1.807) is 0 Å². The fourth-order valence-corrected chi connectivity index (χ4v) is 4.32. The minimum absolute atomic E-state index is 0.0399. The van der Waals surface area contributed by atoms with Crippen molar-refractivity contribution in [1.29, 1.82) is 0 Å². The second-order valence-electron chi connectivity index (χ2n) is 6.96. The molecule has 0 saturated heterocycles. The van der Waals surface area contributed by atoms with E-state index in [0.717, 1.165) is 18.8 Å². The van der Waals surface area contributed by atoms with Crippen molar-refractivity contribution in [3.63, 3.8) is 0 Å². The molecule has 2 rings (SSSR count). The van der Waals surface area contributed by atoms with Crippen molar-refractivity contribution in [2.75, 3.05) is 6.54 Å². The van der Waals surface area contributed by atoms with Gasteiger partial charge in [-0.2, -0.15) is 0 Å². The fourth-order valence-electron chi connectivity index (χ4n) is 4.32. The molecule has 2 fully saturated rings. The lowest BCUT2D eigenvalue weighted by Gasteiger charge is -2.43. The lowest BCUT2D eigenvalue weighted by atomic mass is 9.66. The maximum absolute atomic E-state index is 10.9. The molecule has 0 aromatic heterocycles. The summed E-state index contributed by atoms with van der Waals surface area (Å²) in [5.41, 5.74) is 6.13. The van der Waals surface area contributed by atoms with Gasteiger partial charge in [-0.1, -0.05) is 45.4 Å². The van der Waals surface area contributed by atoms with Crippen molar-refractivity contribution in [2.45, 2.75) is 77.2 Å². The first-order chi connectivity index (χ1) is 8.68. The Kier molecular flexibility index (Phi) is 5.08. The first-order valence-electron chi connectivity index (χ1n) is 8.06. The lowest BCUT2D eigenvalue weighted by molar-refractivity contribution is -0.0408. The Labute approximate surface area is 112 Å². The van der Waals surface area contributed by atoms with Gasteiger partial charge in [0.05, 0.1) is 6.10 Å². The van der Waals surface area contributed by atoms with Crippen LogP contribution in [0.1, 0.15) is 71.1 Å². The maximum atomic E-state index is 10.9. The minimum atomic E-state index is -0.150. The molecular formula is C16H31NO. The molecule has 0 radical (unpaired) electrons. The maximum Gasteiger partial charge on any atom is 0.0636 e. The first-order valence-corrected chi connectivity index (χ1v) is 8.06. The Morgan fingerprint density at radius 3 is 2.33 bits per heavy atom. The van der Waals surface area contributed by atoms with Crippen LogP contribution in [-0.2, 0) is 0 Å². The summed E-state index contributed by atoms with van der Waals surface area (Å²) in [5, 5.41) is 10.9. The Bertz CT molecular complexity index is 245. The molecule has 0 heterocycles. The number of hydrogen-bond acceptors (Lipinski definition) is 2. The van der Waals surface area contributed by atoms with E-state index in [9.17, 15) is 5.11 Å². The highest BCUT2D eigenvalue weighted by molar-refractivity contribution is 4.93. The second-order valence-corrected chi connectivity index (χ2v) is 6.96. The predicted octanol–water partition coefficient (Wildman–Crippen LogP) is 3.47. The quantitative estimate of drug-likeness (QED) is 0.757. The summed E-state index contributed by atoms with van der Waals surface area (Å²) >= 11 is 0. The summed E-state index contributed by atoms with van der Waals surface area (Å²) < 4.78 is 0. The van der Waals surface area contributed by atoms with Crippen molar-refractivity contribution in [2.24, 2.45) is 23.0 Å². The van der Waals surface area contributed by atoms with E-state index >= 15 is 0 Å². The molecule has 3 unspecified atom stereocenters. The van der Waals surface area contributed by atoms with Crippen LogP contribution in [0.15, 0.2) is 0 Å². The highest BCUT2D eigenvalue weighted by atomic mass is 16.3. The van der Waals surface area contributed by atoms with Gasteiger partial charge in [-0.05, 0) is 37.5 Å². The summed E-state index contributed by atoms with van der Waals surface area (Å²) in [5.74, 6) is 1.30. The molecule has 0 amide bonds. The minimum Gasteiger partial charge on any atom is -0.392 e. The van der Waals surface area contributed by atoms with Gasteiger partial charge in [0.2, 0.25) is 0 Å². The van der Waals surface area contributed by atoms with Gasteiger partial charge in [-0.25, -0.2) is 0 Å². The zero-order valence-electron chi connectivity index (χ0n) is 12.0. The van der Waals surface area contributed by atoms with E-state index in [0.29, 0.717) is 12.5 Å². The van der Waals surface area contributed by atoms with Crippen LogP contribution in [-0.4, -0.2) is 17.8 Å². The number of nitrogens with two attached hydrogens (primary N) is 1. The van der Waals surface area contributed by atoms with E-state index in [1.807, 2.05) is 0 Å². The molecule has 2 heteroatoms. The van der Waals surface area contributed by atoms with Crippen LogP contribution in [0.5, 0.6) is 0 Å². The molecule has 3 N–H and O–H groups in total. The molecule has 0 bridgehead atoms. The van der Waals surface area contributed by atoms with Gasteiger partial charge < -0.3 is 10.8 Å². The number of rotatable bonds is 3. The topological polar surface area (TPSA) is 46.2 Å². The van der Waals surface area contributed by atoms with Gasteiger partial charge in [0.1, 0.15) is 0 Å². The van der Waals surface area contributed by atoms with E-state index in [2.05, 4.69) is 6.92 Å². The normalized spacial score (nSPS) is 34.8. The Morgan fingerprint density at radius 2 is 1.78 bits per heavy atom. The summed E-state index contributed by atoms with van der Waals surface area (Å²) in [6, 6.07) is 0. The van der Waals surface area contributed by atoms with Gasteiger partial charge in [-0.3, -0.25) is 0 Å². The molecule has 2 saturated carbocycles. The highest BCUT2D eigenvalue weighted by Gasteiger charge is 2.41. The summed E-state index contributed by atoms with van der Waals surface area (Å²) in [7, 11) is 0. The molecule has 106 valence electrons. The average molecular weight is 253 g/mol. The van der Waals surface area contributed by atoms with Crippen molar-refractivity contribution in [3.8, 4) is 0 Å². The summed E-state index contributed by atoms with van der Waals surface area (Å²) in [6.07, 6.45) is 12.4. The van der Waals surface area contributed by atoms with Gasteiger partial charge in [-0.15, -0.1) is 0 Å². The largest absolute Gasteiger partial charge is 0.392 e. The van der Waals surface area contributed by atoms with Crippen LogP contribution in [0.2, 0.25) is 0 Å². The molecule has 18 heavy (non-hydrogen) atoms. The third-order valence-corrected chi connectivity index (χ3v) is 5.56. The third kappa shape index (κ3) is 3.08. The Hall–Kier alpha value is -0.0800. The van der Waals surface area contributed by atoms with E-state index in [4.69, 9.17) is 5.73 Å². The first kappa shape index (κ1) is 14.3. The van der Waals surface area contributed by atoms with E-state index in [1.165, 1.54) is 51.4 Å². The Balaban J connectivity index is 2.05. The average Bonchev–Trinajstić information content (AvgIpc) is 2.64. The number of hydrogen-bond donors (Lipinski definition) is 2. The predicted molar refractivity (Wildman–Crippen MR) is 76.3 cm³/mol. The lowest BCUT2D eigenvalue weighted by Crippen LogP contribution is -2.46. The van der Waals surface area contributed by atoms with Crippen molar-refractivity contribution >= 4 is 0 Å². The van der Waals surface area contributed by atoms with Gasteiger partial charge in [0.25, 0.3) is 0 Å². The smallest absolute Gasteiger partial charge is 0.0636 e. The zero-order chi connectivity index (χ0) is 13.0.